The topological polar surface area (TPSA) is 43.1 Å². The molecule has 0 atom stereocenters. The monoisotopic (exact) mass is 177 g/mol. The number of hydrogen-bond donors (Lipinski definition) is 1. The van der Waals surface area contributed by atoms with E-state index in [1.54, 1.807) is 0 Å². The molecule has 0 heterocycles. The molecule has 0 bridgehead atoms. The quantitative estimate of drug-likeness (QED) is 0.733. The number of hydrogen-bond acceptors (Lipinski definition) is 1. The molecular weight excluding hydrogens is 162 g/mol. The molecule has 0 fully saturated rings. The summed E-state index contributed by atoms with van der Waals surface area (Å²) in [7, 11) is 0. The van der Waals surface area contributed by atoms with Crippen molar-refractivity contribution >= 4 is 5.91 Å². The number of rotatable bonds is 2. The Morgan fingerprint density at radius 2 is 1.85 bits per heavy atom. The van der Waals surface area contributed by atoms with E-state index in [2.05, 4.69) is 13.8 Å². The predicted molar refractivity (Wildman–Crippen MR) is 53.6 cm³/mol. The van der Waals surface area contributed by atoms with Crippen molar-refractivity contribution in [1.29, 1.82) is 0 Å². The van der Waals surface area contributed by atoms with Gasteiger partial charge in [0, 0.05) is 0 Å². The van der Waals surface area contributed by atoms with Crippen molar-refractivity contribution < 1.29 is 4.79 Å². The Morgan fingerprint density at radius 3 is 2.38 bits per heavy atom. The van der Waals surface area contributed by atoms with Gasteiger partial charge >= 0.3 is 0 Å². The molecule has 1 amide bonds. The van der Waals surface area contributed by atoms with Gasteiger partial charge in [0.2, 0.25) is 5.91 Å². The molecule has 2 N–H and O–H groups in total. The summed E-state index contributed by atoms with van der Waals surface area (Å²) >= 11 is 0. The lowest BCUT2D eigenvalue weighted by Gasteiger charge is -2.09. The molecule has 0 radical (unpaired) electrons. The molecule has 1 aromatic carbocycles. The van der Waals surface area contributed by atoms with E-state index in [-0.39, 0.29) is 5.91 Å². The molecule has 0 unspecified atom stereocenters. The van der Waals surface area contributed by atoms with Gasteiger partial charge in [-0.1, -0.05) is 12.1 Å². The Bertz CT molecular complexity index is 342. The van der Waals surface area contributed by atoms with Crippen molar-refractivity contribution in [2.45, 2.75) is 27.2 Å². The highest BCUT2D eigenvalue weighted by atomic mass is 16.1. The van der Waals surface area contributed by atoms with E-state index in [0.717, 1.165) is 5.56 Å². The maximum atomic E-state index is 10.7. The summed E-state index contributed by atoms with van der Waals surface area (Å²) in [5.41, 5.74) is 9.86. The van der Waals surface area contributed by atoms with E-state index < -0.39 is 0 Å². The van der Waals surface area contributed by atoms with Crippen LogP contribution in [0.5, 0.6) is 0 Å². The van der Waals surface area contributed by atoms with Gasteiger partial charge in [-0.15, -0.1) is 0 Å². The molecule has 0 aliphatic rings. The third kappa shape index (κ3) is 2.08. The summed E-state index contributed by atoms with van der Waals surface area (Å²) in [5.74, 6) is -0.272. The lowest BCUT2D eigenvalue weighted by Crippen LogP contribution is -2.14. The van der Waals surface area contributed by atoms with Gasteiger partial charge in [-0.05, 0) is 43.0 Å². The third-order valence-corrected chi connectivity index (χ3v) is 2.53. The second kappa shape index (κ2) is 3.60. The summed E-state index contributed by atoms with van der Waals surface area (Å²) in [6, 6.07) is 4.00. The molecule has 1 rings (SSSR count). The molecule has 0 aromatic heterocycles. The number of carbonyl (C=O) groups excluding carboxylic acids is 1. The van der Waals surface area contributed by atoms with Gasteiger partial charge < -0.3 is 5.73 Å². The molecular formula is C11H15NO. The van der Waals surface area contributed by atoms with Crippen molar-refractivity contribution in [2.24, 2.45) is 5.73 Å². The smallest absolute Gasteiger partial charge is 0.221 e. The molecule has 0 spiro atoms. The summed E-state index contributed by atoms with van der Waals surface area (Å²) < 4.78 is 0. The highest BCUT2D eigenvalue weighted by molar-refractivity contribution is 5.77. The van der Waals surface area contributed by atoms with E-state index in [9.17, 15) is 4.79 Å². The Hall–Kier alpha value is -1.31. The average Bonchev–Trinajstić information content (AvgIpc) is 2.06. The van der Waals surface area contributed by atoms with Crippen molar-refractivity contribution in [1.82, 2.24) is 0 Å². The largest absolute Gasteiger partial charge is 0.369 e. The lowest BCUT2D eigenvalue weighted by atomic mass is 9.97. The number of aryl methyl sites for hydroxylation is 1. The Morgan fingerprint density at radius 1 is 1.23 bits per heavy atom. The molecule has 0 saturated carbocycles. The first-order valence-electron chi connectivity index (χ1n) is 4.36. The summed E-state index contributed by atoms with van der Waals surface area (Å²) in [4.78, 5) is 10.7. The van der Waals surface area contributed by atoms with E-state index >= 15 is 0 Å². The Kier molecular flexibility index (Phi) is 2.71. The highest BCUT2D eigenvalue weighted by Gasteiger charge is 2.05. The van der Waals surface area contributed by atoms with Gasteiger partial charge in [-0.3, -0.25) is 4.79 Å². The van der Waals surface area contributed by atoms with Gasteiger partial charge in [0.05, 0.1) is 6.42 Å². The van der Waals surface area contributed by atoms with E-state index in [1.165, 1.54) is 16.7 Å². The Labute approximate surface area is 78.8 Å². The van der Waals surface area contributed by atoms with Crippen LogP contribution in [0.3, 0.4) is 0 Å². The molecule has 70 valence electrons. The zero-order chi connectivity index (χ0) is 10.0. The maximum Gasteiger partial charge on any atom is 0.221 e. The van der Waals surface area contributed by atoms with Crippen LogP contribution in [-0.2, 0) is 11.2 Å². The molecule has 0 aliphatic carbocycles. The zero-order valence-electron chi connectivity index (χ0n) is 8.35. The highest BCUT2D eigenvalue weighted by Crippen LogP contribution is 2.17. The first-order chi connectivity index (χ1) is 6.02. The number of nitrogens with two attached hydrogens (primary N) is 1. The molecule has 0 aliphatic heterocycles. The van der Waals surface area contributed by atoms with Crippen molar-refractivity contribution in [3.05, 3.63) is 34.4 Å². The molecule has 13 heavy (non-hydrogen) atoms. The zero-order valence-corrected chi connectivity index (χ0v) is 8.35. The molecule has 2 nitrogen and oxygen atoms in total. The van der Waals surface area contributed by atoms with Crippen LogP contribution in [0.25, 0.3) is 0 Å². The molecule has 0 saturated heterocycles. The van der Waals surface area contributed by atoms with Gasteiger partial charge in [0.1, 0.15) is 0 Å². The van der Waals surface area contributed by atoms with E-state index in [1.807, 2.05) is 19.1 Å². The van der Waals surface area contributed by atoms with Crippen LogP contribution < -0.4 is 5.73 Å². The summed E-state index contributed by atoms with van der Waals surface area (Å²) in [6.45, 7) is 6.16. The summed E-state index contributed by atoms with van der Waals surface area (Å²) in [6.07, 6.45) is 0.340. The molecule has 2 heteroatoms. The minimum atomic E-state index is -0.272. The first-order valence-corrected chi connectivity index (χ1v) is 4.36. The van der Waals surface area contributed by atoms with Crippen LogP contribution in [-0.4, -0.2) is 5.91 Å². The average molecular weight is 177 g/mol. The van der Waals surface area contributed by atoms with Gasteiger partial charge in [-0.25, -0.2) is 0 Å². The molecule has 1 aromatic rings. The minimum absolute atomic E-state index is 0.272. The number of primary amides is 1. The maximum absolute atomic E-state index is 10.7. The number of amides is 1. The van der Waals surface area contributed by atoms with Gasteiger partial charge in [0.15, 0.2) is 0 Å². The van der Waals surface area contributed by atoms with Gasteiger partial charge in [-0.2, -0.15) is 0 Å². The summed E-state index contributed by atoms with van der Waals surface area (Å²) in [5, 5.41) is 0. The van der Waals surface area contributed by atoms with Gasteiger partial charge in [0.25, 0.3) is 0 Å². The van der Waals surface area contributed by atoms with E-state index in [0.29, 0.717) is 6.42 Å². The SMILES string of the molecule is Cc1ccc(CC(N)=O)c(C)c1C. The fraction of sp³-hybridized carbons (Fsp3) is 0.364. The van der Waals surface area contributed by atoms with Crippen molar-refractivity contribution in [2.75, 3.05) is 0 Å². The lowest BCUT2D eigenvalue weighted by molar-refractivity contribution is -0.117. The van der Waals surface area contributed by atoms with Crippen LogP contribution in [0.4, 0.5) is 0 Å². The fourth-order valence-corrected chi connectivity index (χ4v) is 1.39. The second-order valence-electron chi connectivity index (χ2n) is 3.43. The standard InChI is InChI=1S/C11H15NO/c1-7-4-5-10(6-11(12)13)9(3)8(7)2/h4-5H,6H2,1-3H3,(H2,12,13). The van der Waals surface area contributed by atoms with Crippen LogP contribution in [0, 0.1) is 20.8 Å². The van der Waals surface area contributed by atoms with Crippen LogP contribution in [0.15, 0.2) is 12.1 Å². The van der Waals surface area contributed by atoms with Crippen molar-refractivity contribution in [3.8, 4) is 0 Å². The number of benzene rings is 1. The van der Waals surface area contributed by atoms with Crippen LogP contribution >= 0.6 is 0 Å². The Balaban J connectivity index is 3.10. The van der Waals surface area contributed by atoms with Crippen molar-refractivity contribution in [3.63, 3.8) is 0 Å². The first kappa shape index (κ1) is 9.78. The van der Waals surface area contributed by atoms with E-state index in [4.69, 9.17) is 5.73 Å². The normalized spacial score (nSPS) is 10.1. The number of carbonyl (C=O) groups is 1. The fourth-order valence-electron chi connectivity index (χ4n) is 1.39. The van der Waals surface area contributed by atoms with Crippen LogP contribution in [0.2, 0.25) is 0 Å². The minimum Gasteiger partial charge on any atom is -0.369 e. The third-order valence-electron chi connectivity index (χ3n) is 2.53. The second-order valence-corrected chi connectivity index (χ2v) is 3.43. The predicted octanol–water partition coefficient (Wildman–Crippen LogP) is 1.64. The van der Waals surface area contributed by atoms with Crippen LogP contribution in [0.1, 0.15) is 22.3 Å².